The van der Waals surface area contributed by atoms with Crippen LogP contribution in [0.3, 0.4) is 0 Å². The summed E-state index contributed by atoms with van der Waals surface area (Å²) in [5, 5.41) is 16.3. The van der Waals surface area contributed by atoms with Gasteiger partial charge in [-0.15, -0.1) is 0 Å². The van der Waals surface area contributed by atoms with Crippen molar-refractivity contribution in [1.29, 1.82) is 0 Å². The highest BCUT2D eigenvalue weighted by atomic mass is 32.1. The van der Waals surface area contributed by atoms with E-state index in [-0.39, 0.29) is 18.6 Å². The van der Waals surface area contributed by atoms with Crippen molar-refractivity contribution in [3.8, 4) is 0 Å². The van der Waals surface area contributed by atoms with Gasteiger partial charge in [-0.05, 0) is 12.3 Å². The molecule has 5 atom stereocenters. The second kappa shape index (κ2) is 14.2. The van der Waals surface area contributed by atoms with Crippen LogP contribution in [0, 0.1) is 5.92 Å². The monoisotopic (exact) mass is 476 g/mol. The summed E-state index contributed by atoms with van der Waals surface area (Å²) in [7, 11) is 0. The quantitative estimate of drug-likeness (QED) is 0.113. The van der Waals surface area contributed by atoms with E-state index in [1.165, 1.54) is 0 Å². The number of aliphatic carboxylic acids is 1. The Hall–Kier alpha value is -2.87. The molecule has 32 heavy (non-hydrogen) atoms. The Balaban J connectivity index is 5.54. The molecule has 5 unspecified atom stereocenters. The molecule has 182 valence electrons. The average molecular weight is 477 g/mol. The van der Waals surface area contributed by atoms with Gasteiger partial charge in [0.15, 0.2) is 0 Å². The maximum Gasteiger partial charge on any atom is 0.326 e. The summed E-state index contributed by atoms with van der Waals surface area (Å²) in [6.07, 6.45) is -0.633. The van der Waals surface area contributed by atoms with Crippen LogP contribution >= 0.6 is 12.6 Å². The SMILES string of the molecule is CCC(C)C(NC(=O)C(CC(N)=O)NC(=O)C(N)CS)C(=O)NC(CCC(N)=O)C(=O)O. The minimum atomic E-state index is -1.41. The molecule has 0 aromatic carbocycles. The molecule has 0 fully saturated rings. The number of carboxylic acids is 1. The lowest BCUT2D eigenvalue weighted by Gasteiger charge is -2.27. The number of rotatable bonds is 15. The first-order valence-corrected chi connectivity index (χ1v) is 10.5. The van der Waals surface area contributed by atoms with Crippen molar-refractivity contribution in [3.05, 3.63) is 0 Å². The average Bonchev–Trinajstić information content (AvgIpc) is 2.71. The summed E-state index contributed by atoms with van der Waals surface area (Å²) in [6, 6.07) is -5.06. The third-order valence-electron chi connectivity index (χ3n) is 4.66. The van der Waals surface area contributed by atoms with Crippen molar-refractivity contribution in [2.75, 3.05) is 5.75 Å². The third-order valence-corrected chi connectivity index (χ3v) is 5.05. The zero-order valence-electron chi connectivity index (χ0n) is 18.0. The molecule has 0 radical (unpaired) electrons. The molecule has 14 heteroatoms. The molecular formula is C18H32N6O7S. The maximum atomic E-state index is 12.7. The predicted molar refractivity (Wildman–Crippen MR) is 117 cm³/mol. The molecule has 0 rings (SSSR count). The number of carboxylic acid groups (broad SMARTS) is 1. The number of hydrogen-bond acceptors (Lipinski definition) is 8. The van der Waals surface area contributed by atoms with Crippen LogP contribution in [0.15, 0.2) is 0 Å². The van der Waals surface area contributed by atoms with E-state index < -0.39 is 72.0 Å². The number of primary amides is 2. The number of carbonyl (C=O) groups is 6. The van der Waals surface area contributed by atoms with E-state index in [2.05, 4.69) is 28.6 Å². The highest BCUT2D eigenvalue weighted by Crippen LogP contribution is 2.10. The third kappa shape index (κ3) is 10.4. The largest absolute Gasteiger partial charge is 0.480 e. The van der Waals surface area contributed by atoms with Crippen LogP contribution in [-0.2, 0) is 28.8 Å². The van der Waals surface area contributed by atoms with Crippen molar-refractivity contribution in [2.45, 2.75) is 63.7 Å². The summed E-state index contributed by atoms with van der Waals surface area (Å²) in [6.45, 7) is 3.38. The maximum absolute atomic E-state index is 12.7. The molecule has 0 spiro atoms. The Morgan fingerprint density at radius 2 is 1.47 bits per heavy atom. The fraction of sp³-hybridized carbons (Fsp3) is 0.667. The number of hydrogen-bond donors (Lipinski definition) is 8. The van der Waals surface area contributed by atoms with E-state index in [0.717, 1.165) is 0 Å². The Morgan fingerprint density at radius 3 is 1.91 bits per heavy atom. The van der Waals surface area contributed by atoms with Crippen LogP contribution in [0.5, 0.6) is 0 Å². The van der Waals surface area contributed by atoms with Gasteiger partial charge in [-0.25, -0.2) is 4.79 Å². The molecule has 5 amide bonds. The molecule has 13 nitrogen and oxygen atoms in total. The zero-order chi connectivity index (χ0) is 25.0. The van der Waals surface area contributed by atoms with Gasteiger partial charge in [0.25, 0.3) is 0 Å². The summed E-state index contributed by atoms with van der Waals surface area (Å²) in [5.41, 5.74) is 15.7. The van der Waals surface area contributed by atoms with Crippen LogP contribution in [0.1, 0.15) is 39.5 Å². The summed E-state index contributed by atoms with van der Waals surface area (Å²) in [5.74, 6) is -5.91. The molecule has 10 N–H and O–H groups in total. The fourth-order valence-electron chi connectivity index (χ4n) is 2.53. The first-order chi connectivity index (χ1) is 14.8. The van der Waals surface area contributed by atoms with E-state index >= 15 is 0 Å². The standard InChI is InChI=1S/C18H32N6O7S/c1-3-8(2)14(17(29)22-10(18(30)31)4-5-12(20)25)24-16(28)11(6-13(21)26)23-15(27)9(19)7-32/h8-11,14,32H,3-7,19H2,1-2H3,(H2,20,25)(H2,21,26)(H,22,29)(H,23,27)(H,24,28)(H,30,31). The van der Waals surface area contributed by atoms with E-state index in [4.69, 9.17) is 17.2 Å². The number of amides is 5. The molecule has 0 saturated carbocycles. The molecule has 0 aromatic heterocycles. The molecule has 0 aromatic rings. The lowest BCUT2D eigenvalue weighted by Crippen LogP contribution is -2.59. The Morgan fingerprint density at radius 1 is 0.906 bits per heavy atom. The second-order valence-electron chi connectivity index (χ2n) is 7.30. The number of thiol groups is 1. The predicted octanol–water partition coefficient (Wildman–Crippen LogP) is -3.03. The number of nitrogens with two attached hydrogens (primary N) is 3. The second-order valence-corrected chi connectivity index (χ2v) is 7.66. The number of nitrogens with one attached hydrogen (secondary N) is 3. The van der Waals surface area contributed by atoms with Crippen molar-refractivity contribution in [1.82, 2.24) is 16.0 Å². The molecule has 0 aliphatic carbocycles. The van der Waals surface area contributed by atoms with Gasteiger partial charge in [0.1, 0.15) is 18.1 Å². The molecule has 0 saturated heterocycles. The first-order valence-electron chi connectivity index (χ1n) is 9.90. The van der Waals surface area contributed by atoms with Gasteiger partial charge in [-0.2, -0.15) is 12.6 Å². The molecular weight excluding hydrogens is 444 g/mol. The Bertz CT molecular complexity index is 720. The minimum absolute atomic E-state index is 0.0173. The summed E-state index contributed by atoms with van der Waals surface area (Å²) in [4.78, 5) is 71.2. The van der Waals surface area contributed by atoms with Crippen LogP contribution < -0.4 is 33.2 Å². The normalized spacial score (nSPS) is 15.4. The van der Waals surface area contributed by atoms with Crippen molar-refractivity contribution in [3.63, 3.8) is 0 Å². The first kappa shape index (κ1) is 29.1. The van der Waals surface area contributed by atoms with Gasteiger partial charge < -0.3 is 38.3 Å². The van der Waals surface area contributed by atoms with Crippen molar-refractivity contribution >= 4 is 48.1 Å². The lowest BCUT2D eigenvalue weighted by atomic mass is 9.97. The summed E-state index contributed by atoms with van der Waals surface area (Å²) < 4.78 is 0. The van der Waals surface area contributed by atoms with Gasteiger partial charge in [0, 0.05) is 12.2 Å². The zero-order valence-corrected chi connectivity index (χ0v) is 18.9. The summed E-state index contributed by atoms with van der Waals surface area (Å²) >= 11 is 3.89. The van der Waals surface area contributed by atoms with Gasteiger partial charge in [0.05, 0.1) is 12.5 Å². The van der Waals surface area contributed by atoms with Gasteiger partial charge in [-0.3, -0.25) is 24.0 Å². The molecule has 0 bridgehead atoms. The highest BCUT2D eigenvalue weighted by molar-refractivity contribution is 7.80. The van der Waals surface area contributed by atoms with Gasteiger partial charge in [-0.1, -0.05) is 20.3 Å². The van der Waals surface area contributed by atoms with E-state index in [1.54, 1.807) is 13.8 Å². The fourth-order valence-corrected chi connectivity index (χ4v) is 2.70. The lowest BCUT2D eigenvalue weighted by molar-refractivity contribution is -0.143. The van der Waals surface area contributed by atoms with Crippen molar-refractivity contribution < 1.29 is 33.9 Å². The topological polar surface area (TPSA) is 237 Å². The highest BCUT2D eigenvalue weighted by Gasteiger charge is 2.33. The van der Waals surface area contributed by atoms with Gasteiger partial charge in [0.2, 0.25) is 29.5 Å². The number of carbonyl (C=O) groups excluding carboxylic acids is 5. The van der Waals surface area contributed by atoms with Gasteiger partial charge >= 0.3 is 5.97 Å². The van der Waals surface area contributed by atoms with Crippen LogP contribution in [0.4, 0.5) is 0 Å². The van der Waals surface area contributed by atoms with E-state index in [9.17, 15) is 33.9 Å². The molecule has 0 aliphatic heterocycles. The van der Waals surface area contributed by atoms with Crippen LogP contribution in [0.2, 0.25) is 0 Å². The van der Waals surface area contributed by atoms with Crippen molar-refractivity contribution in [2.24, 2.45) is 23.1 Å². The van der Waals surface area contributed by atoms with Crippen LogP contribution in [0.25, 0.3) is 0 Å². The molecule has 0 aliphatic rings. The smallest absolute Gasteiger partial charge is 0.326 e. The Kier molecular flexibility index (Phi) is 13.0. The van der Waals surface area contributed by atoms with E-state index in [0.29, 0.717) is 6.42 Å². The van der Waals surface area contributed by atoms with E-state index in [1.807, 2.05) is 0 Å². The minimum Gasteiger partial charge on any atom is -0.480 e. The van der Waals surface area contributed by atoms with Crippen LogP contribution in [-0.4, -0.2) is 70.5 Å². The molecule has 0 heterocycles. The Labute approximate surface area is 191 Å².